The largest absolute Gasteiger partial charge is 0.393 e. The van der Waals surface area contributed by atoms with E-state index in [1.807, 2.05) is 0 Å². The number of likely N-dealkylation sites (N-methyl/N-ethyl adjacent to an activating group) is 1. The second kappa shape index (κ2) is 5.40. The SMILES string of the molecule is C/C=C/CN(C)C1CCC(O)CC1. The molecule has 1 rings (SSSR count). The highest BCUT2D eigenvalue weighted by Crippen LogP contribution is 2.21. The van der Waals surface area contributed by atoms with Crippen molar-refractivity contribution >= 4 is 0 Å². The summed E-state index contributed by atoms with van der Waals surface area (Å²) in [6.07, 6.45) is 8.49. The van der Waals surface area contributed by atoms with Crippen LogP contribution in [-0.4, -0.2) is 35.7 Å². The highest BCUT2D eigenvalue weighted by Gasteiger charge is 2.21. The zero-order chi connectivity index (χ0) is 9.68. The maximum Gasteiger partial charge on any atom is 0.0541 e. The lowest BCUT2D eigenvalue weighted by Gasteiger charge is -2.32. The Hall–Kier alpha value is -0.340. The van der Waals surface area contributed by atoms with Crippen molar-refractivity contribution in [1.82, 2.24) is 4.90 Å². The van der Waals surface area contributed by atoms with Gasteiger partial charge in [0.1, 0.15) is 0 Å². The monoisotopic (exact) mass is 183 g/mol. The maximum atomic E-state index is 9.35. The molecule has 0 heterocycles. The van der Waals surface area contributed by atoms with Gasteiger partial charge in [-0.2, -0.15) is 0 Å². The highest BCUT2D eigenvalue weighted by atomic mass is 16.3. The van der Waals surface area contributed by atoms with Gasteiger partial charge in [0.15, 0.2) is 0 Å². The van der Waals surface area contributed by atoms with Crippen LogP contribution in [0, 0.1) is 0 Å². The molecule has 0 spiro atoms. The molecule has 0 saturated heterocycles. The van der Waals surface area contributed by atoms with Crippen LogP contribution in [0.4, 0.5) is 0 Å². The molecule has 1 saturated carbocycles. The van der Waals surface area contributed by atoms with Crippen LogP contribution in [0.5, 0.6) is 0 Å². The van der Waals surface area contributed by atoms with Gasteiger partial charge >= 0.3 is 0 Å². The number of nitrogens with zero attached hydrogens (tertiary/aromatic N) is 1. The number of aliphatic hydroxyl groups is 1. The van der Waals surface area contributed by atoms with Crippen molar-refractivity contribution < 1.29 is 5.11 Å². The van der Waals surface area contributed by atoms with Crippen molar-refractivity contribution in [3.63, 3.8) is 0 Å². The van der Waals surface area contributed by atoms with E-state index < -0.39 is 0 Å². The zero-order valence-electron chi connectivity index (χ0n) is 8.74. The molecule has 76 valence electrons. The molecule has 0 radical (unpaired) electrons. The summed E-state index contributed by atoms with van der Waals surface area (Å²) < 4.78 is 0. The molecular formula is C11H21NO. The molecule has 1 aliphatic rings. The van der Waals surface area contributed by atoms with Gasteiger partial charge in [0.2, 0.25) is 0 Å². The lowest BCUT2D eigenvalue weighted by molar-refractivity contribution is 0.0882. The van der Waals surface area contributed by atoms with Crippen molar-refractivity contribution in [3.8, 4) is 0 Å². The van der Waals surface area contributed by atoms with E-state index in [1.54, 1.807) is 0 Å². The Labute approximate surface area is 81.2 Å². The molecule has 0 aromatic carbocycles. The maximum absolute atomic E-state index is 9.35. The molecule has 0 atom stereocenters. The highest BCUT2D eigenvalue weighted by molar-refractivity contribution is 4.85. The first kappa shape index (κ1) is 10.7. The summed E-state index contributed by atoms with van der Waals surface area (Å²) in [4.78, 5) is 2.38. The van der Waals surface area contributed by atoms with E-state index in [9.17, 15) is 5.11 Å². The van der Waals surface area contributed by atoms with Gasteiger partial charge in [-0.15, -0.1) is 0 Å². The van der Waals surface area contributed by atoms with Gasteiger partial charge in [-0.1, -0.05) is 12.2 Å². The summed E-state index contributed by atoms with van der Waals surface area (Å²) >= 11 is 0. The fourth-order valence-corrected chi connectivity index (χ4v) is 1.92. The van der Waals surface area contributed by atoms with Gasteiger partial charge in [-0.25, -0.2) is 0 Å². The summed E-state index contributed by atoms with van der Waals surface area (Å²) in [6, 6.07) is 0.680. The van der Waals surface area contributed by atoms with Gasteiger partial charge in [-0.3, -0.25) is 4.90 Å². The molecule has 1 fully saturated rings. The molecule has 0 unspecified atom stereocenters. The van der Waals surface area contributed by atoms with Crippen LogP contribution >= 0.6 is 0 Å². The van der Waals surface area contributed by atoms with E-state index in [4.69, 9.17) is 0 Å². The van der Waals surface area contributed by atoms with Crippen LogP contribution in [0.2, 0.25) is 0 Å². The molecule has 0 aliphatic heterocycles. The molecular weight excluding hydrogens is 162 g/mol. The molecule has 0 aromatic rings. The van der Waals surface area contributed by atoms with Gasteiger partial charge < -0.3 is 5.11 Å². The van der Waals surface area contributed by atoms with Crippen molar-refractivity contribution in [1.29, 1.82) is 0 Å². The Morgan fingerprint density at radius 1 is 1.31 bits per heavy atom. The third kappa shape index (κ3) is 3.49. The second-order valence-corrected chi connectivity index (χ2v) is 3.97. The minimum atomic E-state index is -0.0358. The summed E-state index contributed by atoms with van der Waals surface area (Å²) in [6.45, 7) is 3.09. The molecule has 1 aliphatic carbocycles. The number of allylic oxidation sites excluding steroid dienone is 1. The van der Waals surface area contributed by atoms with Crippen molar-refractivity contribution in [3.05, 3.63) is 12.2 Å². The van der Waals surface area contributed by atoms with E-state index in [-0.39, 0.29) is 6.10 Å². The number of rotatable bonds is 3. The average molecular weight is 183 g/mol. The second-order valence-electron chi connectivity index (χ2n) is 3.97. The summed E-state index contributed by atoms with van der Waals surface area (Å²) in [7, 11) is 2.17. The molecule has 2 heteroatoms. The quantitative estimate of drug-likeness (QED) is 0.674. The molecule has 0 bridgehead atoms. The van der Waals surface area contributed by atoms with Crippen LogP contribution in [0.25, 0.3) is 0 Å². The van der Waals surface area contributed by atoms with E-state index in [0.29, 0.717) is 6.04 Å². The fraction of sp³-hybridized carbons (Fsp3) is 0.818. The molecule has 13 heavy (non-hydrogen) atoms. The van der Waals surface area contributed by atoms with Crippen molar-refractivity contribution in [2.24, 2.45) is 0 Å². The standard InChI is InChI=1S/C11H21NO/c1-3-4-9-12(2)10-5-7-11(13)8-6-10/h3-4,10-11,13H,5-9H2,1-2H3/b4-3+. The third-order valence-corrected chi connectivity index (χ3v) is 2.92. The molecule has 1 N–H and O–H groups in total. The number of hydrogen-bond acceptors (Lipinski definition) is 2. The first-order valence-electron chi connectivity index (χ1n) is 5.23. The number of hydrogen-bond donors (Lipinski definition) is 1. The zero-order valence-corrected chi connectivity index (χ0v) is 8.74. The average Bonchev–Trinajstić information content (AvgIpc) is 2.15. The predicted octanol–water partition coefficient (Wildman–Crippen LogP) is 1.80. The molecule has 0 amide bonds. The van der Waals surface area contributed by atoms with Crippen LogP contribution in [-0.2, 0) is 0 Å². The van der Waals surface area contributed by atoms with Crippen molar-refractivity contribution in [2.75, 3.05) is 13.6 Å². The number of aliphatic hydroxyl groups excluding tert-OH is 1. The van der Waals surface area contributed by atoms with Crippen molar-refractivity contribution in [2.45, 2.75) is 44.8 Å². The topological polar surface area (TPSA) is 23.5 Å². The van der Waals surface area contributed by atoms with Crippen LogP contribution in [0.15, 0.2) is 12.2 Å². The molecule has 2 nitrogen and oxygen atoms in total. The summed E-state index contributed by atoms with van der Waals surface area (Å²) in [5.41, 5.74) is 0. The smallest absolute Gasteiger partial charge is 0.0541 e. The fourth-order valence-electron chi connectivity index (χ4n) is 1.92. The van der Waals surface area contributed by atoms with Crippen LogP contribution in [0.1, 0.15) is 32.6 Å². The summed E-state index contributed by atoms with van der Waals surface area (Å²) in [5, 5.41) is 9.35. The minimum absolute atomic E-state index is 0.0358. The molecule has 0 aromatic heterocycles. The normalized spacial score (nSPS) is 30.2. The lowest BCUT2D eigenvalue weighted by atomic mass is 9.92. The van der Waals surface area contributed by atoms with Gasteiger partial charge in [0, 0.05) is 12.6 Å². The minimum Gasteiger partial charge on any atom is -0.393 e. The first-order valence-corrected chi connectivity index (χ1v) is 5.23. The Kier molecular flexibility index (Phi) is 4.46. The van der Waals surface area contributed by atoms with Crippen LogP contribution in [0.3, 0.4) is 0 Å². The summed E-state index contributed by atoms with van der Waals surface area (Å²) in [5.74, 6) is 0. The van der Waals surface area contributed by atoms with Crippen LogP contribution < -0.4 is 0 Å². The van der Waals surface area contributed by atoms with Gasteiger partial charge in [-0.05, 0) is 39.7 Å². The Morgan fingerprint density at radius 2 is 1.92 bits per heavy atom. The third-order valence-electron chi connectivity index (χ3n) is 2.92. The van der Waals surface area contributed by atoms with E-state index in [2.05, 4.69) is 31.0 Å². The van der Waals surface area contributed by atoms with E-state index in [0.717, 1.165) is 32.2 Å². The Bertz CT molecular complexity index is 159. The Balaban J connectivity index is 2.27. The van der Waals surface area contributed by atoms with Gasteiger partial charge in [0.25, 0.3) is 0 Å². The Morgan fingerprint density at radius 3 is 2.46 bits per heavy atom. The first-order chi connectivity index (χ1) is 6.24. The van der Waals surface area contributed by atoms with E-state index >= 15 is 0 Å². The predicted molar refractivity (Wildman–Crippen MR) is 55.7 cm³/mol. The van der Waals surface area contributed by atoms with E-state index in [1.165, 1.54) is 0 Å². The lowest BCUT2D eigenvalue weighted by Crippen LogP contribution is -2.36. The van der Waals surface area contributed by atoms with Gasteiger partial charge in [0.05, 0.1) is 6.10 Å².